The van der Waals surface area contributed by atoms with Crippen LogP contribution in [0.5, 0.6) is 0 Å². The number of rotatable bonds is 5. The topological polar surface area (TPSA) is 44.1 Å². The van der Waals surface area contributed by atoms with Crippen LogP contribution in [-0.2, 0) is 29.6 Å². The van der Waals surface area contributed by atoms with Gasteiger partial charge in [-0.25, -0.2) is 4.98 Å². The number of esters is 1. The Labute approximate surface area is 178 Å². The Balaban J connectivity index is 1.43. The number of hydrogen-bond donors (Lipinski definition) is 0. The zero-order valence-corrected chi connectivity index (χ0v) is 18.1. The molecule has 0 aliphatic rings. The van der Waals surface area contributed by atoms with Crippen LogP contribution < -0.4 is 0 Å². The number of thiazole rings is 1. The standard InChI is InChI=1S/C23H21ClN2O2S/c1-14-10-18(24)5-6-19(14)23-25-15(2)21(29-23)12-22(27)28-13-16-4-7-20-17(11-16)8-9-26(20)3/h4-11H,12-13H2,1-3H3. The van der Waals surface area contributed by atoms with Gasteiger partial charge < -0.3 is 9.30 Å². The zero-order valence-electron chi connectivity index (χ0n) is 16.5. The van der Waals surface area contributed by atoms with Crippen molar-refractivity contribution in [1.29, 1.82) is 0 Å². The summed E-state index contributed by atoms with van der Waals surface area (Å²) in [6.07, 6.45) is 2.25. The lowest BCUT2D eigenvalue weighted by Crippen LogP contribution is -2.07. The quantitative estimate of drug-likeness (QED) is 0.377. The minimum atomic E-state index is -0.246. The van der Waals surface area contributed by atoms with E-state index < -0.39 is 0 Å². The number of aromatic nitrogens is 2. The van der Waals surface area contributed by atoms with Crippen molar-refractivity contribution >= 4 is 39.8 Å². The summed E-state index contributed by atoms with van der Waals surface area (Å²) in [6.45, 7) is 4.21. The fourth-order valence-corrected chi connectivity index (χ4v) is 4.71. The Morgan fingerprint density at radius 3 is 2.79 bits per heavy atom. The van der Waals surface area contributed by atoms with Gasteiger partial charge in [0, 0.05) is 34.2 Å². The predicted octanol–water partition coefficient (Wildman–Crippen LogP) is 5.86. The molecular formula is C23H21ClN2O2S. The third kappa shape index (κ3) is 4.21. The molecule has 0 aliphatic heterocycles. The van der Waals surface area contributed by atoms with Gasteiger partial charge in [0.25, 0.3) is 0 Å². The Hall–Kier alpha value is -2.63. The molecule has 0 amide bonds. The van der Waals surface area contributed by atoms with Crippen LogP contribution in [0.3, 0.4) is 0 Å². The summed E-state index contributed by atoms with van der Waals surface area (Å²) in [4.78, 5) is 18.0. The molecule has 0 fully saturated rings. The molecule has 29 heavy (non-hydrogen) atoms. The molecule has 4 aromatic rings. The van der Waals surface area contributed by atoms with E-state index in [0.717, 1.165) is 43.2 Å². The minimum absolute atomic E-state index is 0.226. The van der Waals surface area contributed by atoms with E-state index in [4.69, 9.17) is 16.3 Å². The maximum absolute atomic E-state index is 12.4. The van der Waals surface area contributed by atoms with Crippen LogP contribution in [0, 0.1) is 13.8 Å². The van der Waals surface area contributed by atoms with Gasteiger partial charge in [-0.1, -0.05) is 23.7 Å². The molecule has 0 radical (unpaired) electrons. The highest BCUT2D eigenvalue weighted by Gasteiger charge is 2.15. The normalized spacial score (nSPS) is 11.2. The molecule has 0 spiro atoms. The molecular weight excluding hydrogens is 404 g/mol. The second kappa shape index (κ2) is 8.01. The van der Waals surface area contributed by atoms with E-state index in [1.165, 1.54) is 11.3 Å². The summed E-state index contributed by atoms with van der Waals surface area (Å²) in [7, 11) is 2.01. The summed E-state index contributed by atoms with van der Waals surface area (Å²) >= 11 is 7.58. The average Bonchev–Trinajstić information content (AvgIpc) is 3.23. The number of nitrogens with zero attached hydrogens (tertiary/aromatic N) is 2. The predicted molar refractivity (Wildman–Crippen MR) is 118 cm³/mol. The molecule has 0 saturated heterocycles. The summed E-state index contributed by atoms with van der Waals surface area (Å²) in [5.74, 6) is -0.246. The number of ether oxygens (including phenoxy) is 1. The van der Waals surface area contributed by atoms with Gasteiger partial charge in [0.2, 0.25) is 0 Å². The average molecular weight is 425 g/mol. The zero-order chi connectivity index (χ0) is 20.5. The highest BCUT2D eigenvalue weighted by atomic mass is 35.5. The van der Waals surface area contributed by atoms with E-state index in [2.05, 4.69) is 21.7 Å². The van der Waals surface area contributed by atoms with E-state index in [9.17, 15) is 4.79 Å². The second-order valence-corrected chi connectivity index (χ2v) is 8.66. The van der Waals surface area contributed by atoms with E-state index in [-0.39, 0.29) is 19.0 Å². The van der Waals surface area contributed by atoms with Crippen molar-refractivity contribution in [3.05, 3.63) is 75.4 Å². The summed E-state index contributed by atoms with van der Waals surface area (Å²) < 4.78 is 7.58. The van der Waals surface area contributed by atoms with E-state index in [1.54, 1.807) is 0 Å². The van der Waals surface area contributed by atoms with Gasteiger partial charge in [-0.15, -0.1) is 11.3 Å². The fourth-order valence-electron chi connectivity index (χ4n) is 3.34. The van der Waals surface area contributed by atoms with Crippen LogP contribution in [0.25, 0.3) is 21.5 Å². The number of aryl methyl sites for hydroxylation is 3. The van der Waals surface area contributed by atoms with E-state index in [1.807, 2.05) is 57.4 Å². The minimum Gasteiger partial charge on any atom is -0.461 e. The van der Waals surface area contributed by atoms with Gasteiger partial charge in [0.05, 0.1) is 12.1 Å². The van der Waals surface area contributed by atoms with E-state index in [0.29, 0.717) is 5.02 Å². The molecule has 2 heterocycles. The first-order chi connectivity index (χ1) is 13.9. The molecule has 0 saturated carbocycles. The molecule has 6 heteroatoms. The van der Waals surface area contributed by atoms with Crippen LogP contribution >= 0.6 is 22.9 Å². The lowest BCUT2D eigenvalue weighted by Gasteiger charge is -2.05. The summed E-state index contributed by atoms with van der Waals surface area (Å²) in [6, 6.07) is 13.9. The van der Waals surface area contributed by atoms with Crippen LogP contribution in [-0.4, -0.2) is 15.5 Å². The monoisotopic (exact) mass is 424 g/mol. The highest BCUT2D eigenvalue weighted by molar-refractivity contribution is 7.15. The molecule has 0 atom stereocenters. The molecule has 0 bridgehead atoms. The maximum Gasteiger partial charge on any atom is 0.311 e. The number of halogens is 1. The Kier molecular flexibility index (Phi) is 5.43. The molecule has 2 aromatic heterocycles. The summed E-state index contributed by atoms with van der Waals surface area (Å²) in [5.41, 5.74) is 5.11. The number of carbonyl (C=O) groups excluding carboxylic acids is 1. The highest BCUT2D eigenvalue weighted by Crippen LogP contribution is 2.32. The molecule has 0 aliphatic carbocycles. The van der Waals surface area contributed by atoms with Crippen molar-refractivity contribution in [2.24, 2.45) is 7.05 Å². The van der Waals surface area contributed by atoms with Gasteiger partial charge in [-0.3, -0.25) is 4.79 Å². The number of fused-ring (bicyclic) bond motifs is 1. The molecule has 0 unspecified atom stereocenters. The maximum atomic E-state index is 12.4. The third-order valence-electron chi connectivity index (χ3n) is 4.97. The number of hydrogen-bond acceptors (Lipinski definition) is 4. The van der Waals surface area contributed by atoms with Crippen LogP contribution in [0.2, 0.25) is 5.02 Å². The van der Waals surface area contributed by atoms with Crippen molar-refractivity contribution < 1.29 is 9.53 Å². The van der Waals surface area contributed by atoms with Crippen molar-refractivity contribution in [3.63, 3.8) is 0 Å². The first kappa shape index (κ1) is 19.7. The van der Waals surface area contributed by atoms with Crippen molar-refractivity contribution in [3.8, 4) is 10.6 Å². The van der Waals surface area contributed by atoms with Crippen LogP contribution in [0.1, 0.15) is 21.7 Å². The number of benzene rings is 2. The lowest BCUT2D eigenvalue weighted by atomic mass is 10.1. The Morgan fingerprint density at radius 1 is 1.17 bits per heavy atom. The molecule has 2 aromatic carbocycles. The van der Waals surface area contributed by atoms with Gasteiger partial charge in [-0.05, 0) is 60.7 Å². The number of carbonyl (C=O) groups is 1. The second-order valence-electron chi connectivity index (χ2n) is 7.14. The fraction of sp³-hybridized carbons (Fsp3) is 0.217. The molecule has 148 valence electrons. The summed E-state index contributed by atoms with van der Waals surface area (Å²) in [5, 5.41) is 2.74. The first-order valence-corrected chi connectivity index (χ1v) is 10.5. The SMILES string of the molecule is Cc1cc(Cl)ccc1-c1nc(C)c(CC(=O)OCc2ccc3c(ccn3C)c2)s1. The Morgan fingerprint density at radius 2 is 2.00 bits per heavy atom. The first-order valence-electron chi connectivity index (χ1n) is 9.33. The van der Waals surface area contributed by atoms with E-state index >= 15 is 0 Å². The van der Waals surface area contributed by atoms with Gasteiger partial charge in [0.1, 0.15) is 11.6 Å². The van der Waals surface area contributed by atoms with Crippen molar-refractivity contribution in [2.75, 3.05) is 0 Å². The smallest absolute Gasteiger partial charge is 0.311 e. The molecule has 0 N–H and O–H groups in total. The van der Waals surface area contributed by atoms with Gasteiger partial charge >= 0.3 is 5.97 Å². The van der Waals surface area contributed by atoms with Crippen molar-refractivity contribution in [1.82, 2.24) is 9.55 Å². The van der Waals surface area contributed by atoms with Crippen LogP contribution in [0.4, 0.5) is 0 Å². The van der Waals surface area contributed by atoms with Crippen LogP contribution in [0.15, 0.2) is 48.7 Å². The van der Waals surface area contributed by atoms with Crippen molar-refractivity contribution in [2.45, 2.75) is 26.9 Å². The molecule has 4 nitrogen and oxygen atoms in total. The third-order valence-corrected chi connectivity index (χ3v) is 6.39. The lowest BCUT2D eigenvalue weighted by molar-refractivity contribution is -0.144. The molecule has 4 rings (SSSR count). The largest absolute Gasteiger partial charge is 0.461 e. The Bertz CT molecular complexity index is 1210. The van der Waals surface area contributed by atoms with Gasteiger partial charge in [0.15, 0.2) is 0 Å². The van der Waals surface area contributed by atoms with Gasteiger partial charge in [-0.2, -0.15) is 0 Å².